The number of aryl methyl sites for hydroxylation is 2. The number of rotatable bonds is 6. The van der Waals surface area contributed by atoms with Crippen molar-refractivity contribution in [3.8, 4) is 11.5 Å². The number of hydrogen-bond donors (Lipinski definition) is 1. The molecule has 0 bridgehead atoms. The fraction of sp³-hybridized carbons (Fsp3) is 0.368. The summed E-state index contributed by atoms with van der Waals surface area (Å²) in [5.74, 6) is 0.770. The van der Waals surface area contributed by atoms with Crippen molar-refractivity contribution < 1.29 is 12.9 Å². The van der Waals surface area contributed by atoms with Crippen LogP contribution in [0.5, 0.6) is 0 Å². The van der Waals surface area contributed by atoms with Crippen LogP contribution in [0.2, 0.25) is 0 Å². The number of nitrogens with one attached hydrogen (secondary N) is 1. The maximum atomic E-state index is 13.2. The molecular weight excluding hydrogens is 364 g/mol. The van der Waals surface area contributed by atoms with E-state index >= 15 is 0 Å². The van der Waals surface area contributed by atoms with Crippen molar-refractivity contribution in [3.05, 3.63) is 52.6 Å². The van der Waals surface area contributed by atoms with Crippen LogP contribution in [-0.4, -0.2) is 23.1 Å². The predicted octanol–water partition coefficient (Wildman–Crippen LogP) is 3.04. The largest absolute Gasteiger partial charge is 0.350 e. The molecule has 7 nitrogen and oxygen atoms in total. The van der Waals surface area contributed by atoms with E-state index < -0.39 is 10.0 Å². The Bertz CT molecular complexity index is 1080. The molecule has 3 aromatic rings. The van der Waals surface area contributed by atoms with E-state index in [4.69, 9.17) is 4.52 Å². The normalized spacial score (nSPS) is 11.9. The molecule has 0 unspecified atom stereocenters. The minimum absolute atomic E-state index is 0.183. The van der Waals surface area contributed by atoms with Crippen LogP contribution in [0.1, 0.15) is 35.3 Å². The lowest BCUT2D eigenvalue weighted by molar-refractivity contribution is 0.422. The summed E-state index contributed by atoms with van der Waals surface area (Å²) in [5, 5.41) is 3.91. The molecule has 3 rings (SSSR count). The molecule has 1 N–H and O–H groups in total. The minimum atomic E-state index is -3.78. The minimum Gasteiger partial charge on any atom is -0.350 e. The molecule has 27 heavy (non-hydrogen) atoms. The van der Waals surface area contributed by atoms with Crippen molar-refractivity contribution in [1.82, 2.24) is 19.4 Å². The maximum Gasteiger partial charge on any atom is 0.261 e. The van der Waals surface area contributed by atoms with Crippen molar-refractivity contribution in [2.75, 3.05) is 0 Å². The molecule has 0 aliphatic rings. The van der Waals surface area contributed by atoms with Gasteiger partial charge in [0.05, 0.1) is 5.56 Å². The van der Waals surface area contributed by atoms with Crippen LogP contribution in [0.3, 0.4) is 0 Å². The Morgan fingerprint density at radius 1 is 1.15 bits per heavy atom. The number of sulfonamides is 1. The van der Waals surface area contributed by atoms with E-state index in [2.05, 4.69) is 14.9 Å². The summed E-state index contributed by atoms with van der Waals surface area (Å²) in [4.78, 5) is 4.52. The molecule has 0 saturated heterocycles. The molecule has 0 aliphatic carbocycles. The Labute approximate surface area is 159 Å². The molecule has 0 aliphatic heterocycles. The topological polar surface area (TPSA) is 90.0 Å². The second-order valence-corrected chi connectivity index (χ2v) is 8.26. The van der Waals surface area contributed by atoms with Gasteiger partial charge in [0.1, 0.15) is 4.90 Å². The molecule has 144 valence electrons. The summed E-state index contributed by atoms with van der Waals surface area (Å²) >= 11 is 0. The van der Waals surface area contributed by atoms with Crippen molar-refractivity contribution in [2.24, 2.45) is 7.05 Å². The highest BCUT2D eigenvalue weighted by molar-refractivity contribution is 7.89. The lowest BCUT2D eigenvalue weighted by atomic mass is 10.1. The zero-order valence-corrected chi connectivity index (χ0v) is 17.0. The third-order valence-electron chi connectivity index (χ3n) is 4.90. The van der Waals surface area contributed by atoms with Crippen molar-refractivity contribution >= 4 is 10.0 Å². The Balaban J connectivity index is 2.04. The highest BCUT2D eigenvalue weighted by atomic mass is 32.2. The average Bonchev–Trinajstić information content (AvgIpc) is 3.20. The quantitative estimate of drug-likeness (QED) is 0.701. The molecule has 0 saturated carbocycles. The van der Waals surface area contributed by atoms with Gasteiger partial charge >= 0.3 is 0 Å². The lowest BCUT2D eigenvalue weighted by Gasteiger charge is -2.10. The molecule has 8 heteroatoms. The molecule has 0 spiro atoms. The summed E-state index contributed by atoms with van der Waals surface area (Å²) in [7, 11) is -1.96. The van der Waals surface area contributed by atoms with E-state index in [1.54, 1.807) is 6.92 Å². The van der Waals surface area contributed by atoms with Crippen LogP contribution in [0, 0.1) is 20.8 Å². The smallest absolute Gasteiger partial charge is 0.261 e. The van der Waals surface area contributed by atoms with Gasteiger partial charge in [-0.3, -0.25) is 0 Å². The van der Waals surface area contributed by atoms with Crippen LogP contribution in [-0.2, 0) is 30.0 Å². The second-order valence-electron chi connectivity index (χ2n) is 6.55. The summed E-state index contributed by atoms with van der Waals surface area (Å²) in [6.45, 7) is 7.71. The van der Waals surface area contributed by atoms with Crippen molar-refractivity contribution in [3.63, 3.8) is 0 Å². The zero-order valence-electron chi connectivity index (χ0n) is 16.2. The molecule has 0 fully saturated rings. The first-order valence-electron chi connectivity index (χ1n) is 8.79. The summed E-state index contributed by atoms with van der Waals surface area (Å²) in [5.41, 5.74) is 3.80. The van der Waals surface area contributed by atoms with Gasteiger partial charge in [-0.05, 0) is 31.9 Å². The molecule has 0 radical (unpaired) electrons. The third-order valence-corrected chi connectivity index (χ3v) is 6.47. The molecule has 2 aromatic heterocycles. The highest BCUT2D eigenvalue weighted by Gasteiger charge is 2.30. The van der Waals surface area contributed by atoms with Gasteiger partial charge in [0.25, 0.3) is 5.89 Å². The van der Waals surface area contributed by atoms with Gasteiger partial charge in [-0.2, -0.15) is 4.98 Å². The Morgan fingerprint density at radius 2 is 1.85 bits per heavy atom. The first kappa shape index (κ1) is 19.3. The van der Waals surface area contributed by atoms with Crippen LogP contribution >= 0.6 is 0 Å². The number of aromatic nitrogens is 3. The van der Waals surface area contributed by atoms with Gasteiger partial charge in [-0.25, -0.2) is 13.1 Å². The van der Waals surface area contributed by atoms with E-state index in [1.165, 1.54) is 0 Å². The molecule has 2 heterocycles. The van der Waals surface area contributed by atoms with Gasteiger partial charge in [0.2, 0.25) is 10.0 Å². The van der Waals surface area contributed by atoms with Crippen LogP contribution < -0.4 is 4.72 Å². The summed E-state index contributed by atoms with van der Waals surface area (Å²) in [6.07, 6.45) is 0.613. The fourth-order valence-corrected chi connectivity index (χ4v) is 4.57. The summed E-state index contributed by atoms with van der Waals surface area (Å²) < 4.78 is 36.2. The first-order valence-corrected chi connectivity index (χ1v) is 10.3. The highest BCUT2D eigenvalue weighted by Crippen LogP contribution is 2.34. The number of nitrogens with zero attached hydrogens (tertiary/aromatic N) is 3. The van der Waals surface area contributed by atoms with E-state index in [0.717, 1.165) is 16.8 Å². The third kappa shape index (κ3) is 3.54. The number of benzene rings is 1. The van der Waals surface area contributed by atoms with E-state index in [-0.39, 0.29) is 17.3 Å². The van der Waals surface area contributed by atoms with Crippen LogP contribution in [0.4, 0.5) is 0 Å². The molecular formula is C19H24N4O3S. The zero-order chi connectivity index (χ0) is 19.8. The lowest BCUT2D eigenvalue weighted by Crippen LogP contribution is -2.24. The molecule has 0 atom stereocenters. The Hall–Kier alpha value is -2.45. The summed E-state index contributed by atoms with van der Waals surface area (Å²) in [6, 6.07) is 7.69. The van der Waals surface area contributed by atoms with Crippen LogP contribution in [0.15, 0.2) is 33.7 Å². The van der Waals surface area contributed by atoms with E-state index in [0.29, 0.717) is 23.5 Å². The van der Waals surface area contributed by atoms with Crippen molar-refractivity contribution in [1.29, 1.82) is 0 Å². The van der Waals surface area contributed by atoms with Crippen molar-refractivity contribution in [2.45, 2.75) is 45.6 Å². The maximum absolute atomic E-state index is 13.2. The van der Waals surface area contributed by atoms with E-state index in [1.807, 2.05) is 56.7 Å². The number of hydrogen-bond acceptors (Lipinski definition) is 5. The van der Waals surface area contributed by atoms with E-state index in [9.17, 15) is 8.42 Å². The average molecular weight is 388 g/mol. The van der Waals surface area contributed by atoms with Gasteiger partial charge in [0.15, 0.2) is 5.82 Å². The van der Waals surface area contributed by atoms with Gasteiger partial charge in [0, 0.05) is 31.4 Å². The molecule has 0 amide bonds. The SMILES string of the molecule is CCc1noc(-c2c(S(=O)(=O)NCc3ccccc3C)c(C)n(C)c2C)n1. The van der Waals surface area contributed by atoms with Crippen LogP contribution in [0.25, 0.3) is 11.5 Å². The van der Waals surface area contributed by atoms with Gasteiger partial charge in [-0.15, -0.1) is 0 Å². The Kier molecular flexibility index (Phi) is 5.21. The predicted molar refractivity (Wildman–Crippen MR) is 103 cm³/mol. The first-order chi connectivity index (χ1) is 12.8. The molecule has 1 aromatic carbocycles. The second kappa shape index (κ2) is 7.28. The standard InChI is InChI=1S/C19H24N4O3S/c1-6-16-21-19(26-22-16)17-13(3)23(5)14(4)18(17)27(24,25)20-11-15-10-8-7-9-12(15)2/h7-10,20H,6,11H2,1-5H3. The van der Waals surface area contributed by atoms with Gasteiger partial charge in [-0.1, -0.05) is 36.3 Å². The van der Waals surface area contributed by atoms with Gasteiger partial charge < -0.3 is 9.09 Å². The fourth-order valence-electron chi connectivity index (χ4n) is 3.05. The monoisotopic (exact) mass is 388 g/mol. The Morgan fingerprint density at radius 3 is 2.48 bits per heavy atom.